The number of hydrogen-bond donors (Lipinski definition) is 1. The molecule has 6 heteroatoms. The molecular weight excluding hydrogens is 300 g/mol. The Morgan fingerprint density at radius 2 is 2.17 bits per heavy atom. The summed E-state index contributed by atoms with van der Waals surface area (Å²) in [5.74, 6) is 0. The minimum absolute atomic E-state index is 0.426. The van der Waals surface area contributed by atoms with Gasteiger partial charge in [0.05, 0.1) is 23.7 Å². The van der Waals surface area contributed by atoms with Gasteiger partial charge in [0.15, 0.2) is 5.65 Å². The van der Waals surface area contributed by atoms with E-state index in [4.69, 9.17) is 4.98 Å². The lowest BCUT2D eigenvalue weighted by atomic mass is 10.1. The molecule has 0 saturated carbocycles. The summed E-state index contributed by atoms with van der Waals surface area (Å²) in [7, 11) is 0. The first kappa shape index (κ1) is 13.7. The molecule has 24 heavy (non-hydrogen) atoms. The predicted octanol–water partition coefficient (Wildman–Crippen LogP) is 2.67. The Bertz CT molecular complexity index is 1010. The molecular formula is C18H18N6. The maximum absolute atomic E-state index is 4.92. The fourth-order valence-electron chi connectivity index (χ4n) is 3.53. The number of hydrogen-bond acceptors (Lipinski definition) is 4. The first-order chi connectivity index (χ1) is 11.9. The molecule has 0 bridgehead atoms. The second-order valence-corrected chi connectivity index (χ2v) is 6.28. The Hall–Kier alpha value is -2.73. The van der Waals surface area contributed by atoms with Crippen LogP contribution in [0.3, 0.4) is 0 Å². The van der Waals surface area contributed by atoms with Gasteiger partial charge in [0.2, 0.25) is 0 Å². The molecule has 1 atom stereocenters. The highest BCUT2D eigenvalue weighted by atomic mass is 15.2. The van der Waals surface area contributed by atoms with Gasteiger partial charge >= 0.3 is 0 Å². The van der Waals surface area contributed by atoms with Crippen LogP contribution >= 0.6 is 0 Å². The molecule has 5 rings (SSSR count). The number of aromatic nitrogens is 5. The molecule has 6 nitrogen and oxygen atoms in total. The number of rotatable bonds is 2. The third-order valence-corrected chi connectivity index (χ3v) is 4.79. The van der Waals surface area contributed by atoms with Gasteiger partial charge in [-0.15, -0.1) is 0 Å². The largest absolute Gasteiger partial charge is 0.315 e. The second kappa shape index (κ2) is 5.42. The van der Waals surface area contributed by atoms with E-state index in [2.05, 4.69) is 32.1 Å². The number of imidazole rings is 1. The molecule has 5 heterocycles. The molecule has 1 aliphatic heterocycles. The topological polar surface area (TPSA) is 60.0 Å². The van der Waals surface area contributed by atoms with E-state index >= 15 is 0 Å². The number of nitrogens with one attached hydrogen (secondary N) is 1. The first-order valence-corrected chi connectivity index (χ1v) is 8.37. The van der Waals surface area contributed by atoms with Gasteiger partial charge in [0, 0.05) is 24.3 Å². The van der Waals surface area contributed by atoms with E-state index in [1.807, 2.05) is 41.4 Å². The lowest BCUT2D eigenvalue weighted by Crippen LogP contribution is -2.31. The number of pyridine rings is 2. The highest BCUT2D eigenvalue weighted by molar-refractivity contribution is 5.82. The van der Waals surface area contributed by atoms with Crippen molar-refractivity contribution in [2.75, 3.05) is 13.1 Å². The van der Waals surface area contributed by atoms with Crippen molar-refractivity contribution in [1.82, 2.24) is 29.5 Å². The molecule has 0 radical (unpaired) electrons. The summed E-state index contributed by atoms with van der Waals surface area (Å²) in [5.41, 5.74) is 4.95. The zero-order valence-electron chi connectivity index (χ0n) is 13.3. The van der Waals surface area contributed by atoms with Crippen LogP contribution in [-0.4, -0.2) is 37.2 Å². The van der Waals surface area contributed by atoms with Crippen LogP contribution in [0.2, 0.25) is 0 Å². The Morgan fingerprint density at radius 3 is 3.08 bits per heavy atom. The Balaban J connectivity index is 1.64. The first-order valence-electron chi connectivity index (χ1n) is 8.37. The van der Waals surface area contributed by atoms with Gasteiger partial charge in [0.25, 0.3) is 0 Å². The van der Waals surface area contributed by atoms with Crippen molar-refractivity contribution in [2.45, 2.75) is 18.9 Å². The third-order valence-electron chi connectivity index (χ3n) is 4.79. The quantitative estimate of drug-likeness (QED) is 0.617. The number of nitrogens with zero attached hydrogens (tertiary/aromatic N) is 5. The average Bonchev–Trinajstić information content (AvgIpc) is 3.26. The van der Waals surface area contributed by atoms with Crippen LogP contribution in [0.25, 0.3) is 27.9 Å². The van der Waals surface area contributed by atoms with Gasteiger partial charge in [-0.25, -0.2) is 14.5 Å². The van der Waals surface area contributed by atoms with Crippen LogP contribution in [0.4, 0.5) is 0 Å². The van der Waals surface area contributed by atoms with Crippen LogP contribution < -0.4 is 5.32 Å². The summed E-state index contributed by atoms with van der Waals surface area (Å²) in [5, 5.41) is 7.88. The van der Waals surface area contributed by atoms with E-state index in [-0.39, 0.29) is 0 Å². The van der Waals surface area contributed by atoms with Crippen molar-refractivity contribution in [1.29, 1.82) is 0 Å². The van der Waals surface area contributed by atoms with Crippen LogP contribution in [0.5, 0.6) is 0 Å². The molecule has 1 saturated heterocycles. The normalized spacial score (nSPS) is 18.4. The van der Waals surface area contributed by atoms with E-state index in [1.54, 1.807) is 0 Å². The minimum Gasteiger partial charge on any atom is -0.315 e. The molecule has 0 spiro atoms. The van der Waals surface area contributed by atoms with Gasteiger partial charge in [-0.05, 0) is 43.7 Å². The van der Waals surface area contributed by atoms with E-state index in [0.29, 0.717) is 6.04 Å². The standard InChI is InChI=1S/C18H18N6/c1-2-9-24-17(5-1)14(11-21-24)15-6-7-16-18(22-15)23(12-20-16)13-4-3-8-19-10-13/h1-2,5-7,9,11-13,19H,3-4,8,10H2. The zero-order chi connectivity index (χ0) is 15.9. The fraction of sp³-hybridized carbons (Fsp3) is 0.278. The van der Waals surface area contributed by atoms with Gasteiger partial charge in [-0.3, -0.25) is 0 Å². The molecule has 120 valence electrons. The number of fused-ring (bicyclic) bond motifs is 2. The fourth-order valence-corrected chi connectivity index (χ4v) is 3.53. The highest BCUT2D eigenvalue weighted by Gasteiger charge is 2.18. The highest BCUT2D eigenvalue weighted by Crippen LogP contribution is 2.27. The average molecular weight is 318 g/mol. The molecule has 0 aromatic carbocycles. The third kappa shape index (κ3) is 2.11. The SMILES string of the molecule is c1ccn2ncc(-c3ccc4ncn(C5CCCNC5)c4n3)c2c1. The van der Waals surface area contributed by atoms with Crippen molar-refractivity contribution in [3.8, 4) is 11.3 Å². The lowest BCUT2D eigenvalue weighted by Gasteiger charge is -2.24. The Morgan fingerprint density at radius 1 is 1.17 bits per heavy atom. The van der Waals surface area contributed by atoms with E-state index in [0.717, 1.165) is 41.0 Å². The predicted molar refractivity (Wildman–Crippen MR) is 92.9 cm³/mol. The maximum atomic E-state index is 4.92. The summed E-state index contributed by atoms with van der Waals surface area (Å²) in [6, 6.07) is 10.6. The molecule has 1 aliphatic rings. The molecule has 0 amide bonds. The summed E-state index contributed by atoms with van der Waals surface area (Å²) < 4.78 is 4.10. The van der Waals surface area contributed by atoms with Crippen LogP contribution in [0.1, 0.15) is 18.9 Å². The molecule has 0 aliphatic carbocycles. The molecule has 4 aromatic rings. The monoisotopic (exact) mass is 318 g/mol. The van der Waals surface area contributed by atoms with Crippen LogP contribution in [0, 0.1) is 0 Å². The Kier molecular flexibility index (Phi) is 3.09. The summed E-state index contributed by atoms with van der Waals surface area (Å²) in [6.07, 6.45) is 8.12. The summed E-state index contributed by atoms with van der Waals surface area (Å²) in [4.78, 5) is 9.45. The maximum Gasteiger partial charge on any atom is 0.160 e. The van der Waals surface area contributed by atoms with Crippen molar-refractivity contribution in [3.63, 3.8) is 0 Å². The summed E-state index contributed by atoms with van der Waals surface area (Å²) >= 11 is 0. The molecule has 1 N–H and O–H groups in total. The van der Waals surface area contributed by atoms with Gasteiger partial charge in [-0.1, -0.05) is 6.07 Å². The zero-order valence-corrected chi connectivity index (χ0v) is 13.3. The van der Waals surface area contributed by atoms with E-state index in [1.165, 1.54) is 12.8 Å². The van der Waals surface area contributed by atoms with E-state index in [9.17, 15) is 0 Å². The molecule has 4 aromatic heterocycles. The molecule has 1 unspecified atom stereocenters. The van der Waals surface area contributed by atoms with Crippen LogP contribution in [-0.2, 0) is 0 Å². The second-order valence-electron chi connectivity index (χ2n) is 6.28. The number of piperidine rings is 1. The minimum atomic E-state index is 0.426. The van der Waals surface area contributed by atoms with Gasteiger partial charge in [0.1, 0.15) is 5.52 Å². The van der Waals surface area contributed by atoms with Crippen molar-refractivity contribution in [3.05, 3.63) is 49.1 Å². The van der Waals surface area contributed by atoms with Crippen molar-refractivity contribution in [2.24, 2.45) is 0 Å². The van der Waals surface area contributed by atoms with Crippen molar-refractivity contribution >= 4 is 16.7 Å². The summed E-state index contributed by atoms with van der Waals surface area (Å²) in [6.45, 7) is 2.08. The van der Waals surface area contributed by atoms with Crippen LogP contribution in [0.15, 0.2) is 49.1 Å². The smallest absolute Gasteiger partial charge is 0.160 e. The van der Waals surface area contributed by atoms with Gasteiger partial charge in [-0.2, -0.15) is 5.10 Å². The van der Waals surface area contributed by atoms with Gasteiger partial charge < -0.3 is 9.88 Å². The Labute approximate surface area is 139 Å². The van der Waals surface area contributed by atoms with Crippen molar-refractivity contribution < 1.29 is 0 Å². The van der Waals surface area contributed by atoms with E-state index < -0.39 is 0 Å². The molecule has 1 fully saturated rings. The lowest BCUT2D eigenvalue weighted by molar-refractivity contribution is 0.376.